The zero-order valence-electron chi connectivity index (χ0n) is 20.8. The standard InChI is InChI=1S/C25H26N6O6S/c1-35-21(33)16-8-9-18(22(34)36-2)19(14-16)27-20(32)15-38-25-29-23(26-17-6-4-3-5-7-17)28-24(30-25)31-10-12-37-13-11-31/h3-9,14H,10-13,15H2,1-2H3,(H,27,32)(H,26,28,29,30). The minimum Gasteiger partial charge on any atom is -0.465 e. The quantitative estimate of drug-likeness (QED) is 0.305. The van der Waals surface area contributed by atoms with Gasteiger partial charge in [-0.05, 0) is 30.3 Å². The molecule has 0 aliphatic carbocycles. The fourth-order valence-electron chi connectivity index (χ4n) is 3.52. The van der Waals surface area contributed by atoms with Crippen LogP contribution in [0.2, 0.25) is 0 Å². The van der Waals surface area contributed by atoms with Gasteiger partial charge in [0.25, 0.3) is 0 Å². The van der Waals surface area contributed by atoms with E-state index < -0.39 is 17.8 Å². The van der Waals surface area contributed by atoms with Crippen molar-refractivity contribution in [2.45, 2.75) is 5.16 Å². The monoisotopic (exact) mass is 538 g/mol. The molecule has 0 atom stereocenters. The molecule has 2 N–H and O–H groups in total. The summed E-state index contributed by atoms with van der Waals surface area (Å²) in [5.74, 6) is -0.953. The summed E-state index contributed by atoms with van der Waals surface area (Å²) < 4.78 is 14.9. The van der Waals surface area contributed by atoms with Crippen molar-refractivity contribution in [1.82, 2.24) is 15.0 Å². The highest BCUT2D eigenvalue weighted by Crippen LogP contribution is 2.24. The lowest BCUT2D eigenvalue weighted by Gasteiger charge is -2.27. The molecule has 1 amide bonds. The van der Waals surface area contributed by atoms with E-state index in [0.29, 0.717) is 43.4 Å². The molecule has 1 aliphatic rings. The average molecular weight is 539 g/mol. The Bertz CT molecular complexity index is 1300. The van der Waals surface area contributed by atoms with E-state index in [0.717, 1.165) is 17.4 Å². The molecule has 0 spiro atoms. The van der Waals surface area contributed by atoms with Gasteiger partial charge in [-0.1, -0.05) is 30.0 Å². The lowest BCUT2D eigenvalue weighted by atomic mass is 10.1. The molecule has 0 saturated carbocycles. The van der Waals surface area contributed by atoms with E-state index in [2.05, 4.69) is 25.6 Å². The number of thioether (sulfide) groups is 1. The van der Waals surface area contributed by atoms with E-state index in [-0.39, 0.29) is 22.6 Å². The first-order chi connectivity index (χ1) is 18.5. The number of aromatic nitrogens is 3. The van der Waals surface area contributed by atoms with E-state index in [9.17, 15) is 14.4 Å². The van der Waals surface area contributed by atoms with E-state index in [4.69, 9.17) is 14.2 Å². The van der Waals surface area contributed by atoms with Gasteiger partial charge in [-0.2, -0.15) is 15.0 Å². The molecule has 3 aromatic rings. The van der Waals surface area contributed by atoms with Crippen LogP contribution in [0.5, 0.6) is 0 Å². The number of hydrogen-bond donors (Lipinski definition) is 2. The Morgan fingerprint density at radius 3 is 2.42 bits per heavy atom. The average Bonchev–Trinajstić information content (AvgIpc) is 2.96. The van der Waals surface area contributed by atoms with Crippen LogP contribution >= 0.6 is 11.8 Å². The fourth-order valence-corrected chi connectivity index (χ4v) is 4.15. The number of carbonyl (C=O) groups excluding carboxylic acids is 3. The van der Waals surface area contributed by atoms with Gasteiger partial charge >= 0.3 is 11.9 Å². The first-order valence-corrected chi connectivity index (χ1v) is 12.6. The summed E-state index contributed by atoms with van der Waals surface area (Å²) in [5.41, 5.74) is 1.21. The van der Waals surface area contributed by atoms with Gasteiger partial charge in [0.2, 0.25) is 17.8 Å². The zero-order chi connectivity index (χ0) is 26.9. The SMILES string of the molecule is COC(=O)c1ccc(C(=O)OC)c(NC(=O)CSc2nc(Nc3ccccc3)nc(N3CCOCC3)n2)c1. The van der Waals surface area contributed by atoms with Gasteiger partial charge in [-0.3, -0.25) is 4.79 Å². The van der Waals surface area contributed by atoms with Crippen LogP contribution in [0.15, 0.2) is 53.7 Å². The lowest BCUT2D eigenvalue weighted by molar-refractivity contribution is -0.113. The van der Waals surface area contributed by atoms with Crippen molar-refractivity contribution in [3.05, 3.63) is 59.7 Å². The van der Waals surface area contributed by atoms with E-state index in [1.54, 1.807) is 0 Å². The number of benzene rings is 2. The highest BCUT2D eigenvalue weighted by atomic mass is 32.2. The molecular formula is C25H26N6O6S. The molecule has 1 aliphatic heterocycles. The molecule has 13 heteroatoms. The predicted octanol–water partition coefficient (Wildman–Crippen LogP) is 2.76. The molecule has 2 aromatic carbocycles. The zero-order valence-corrected chi connectivity index (χ0v) is 21.6. The Hall–Kier alpha value is -4.23. The van der Waals surface area contributed by atoms with Crippen molar-refractivity contribution in [2.75, 3.05) is 61.8 Å². The number of hydrogen-bond acceptors (Lipinski definition) is 12. The molecule has 1 fully saturated rings. The second-order valence-corrected chi connectivity index (χ2v) is 8.85. The Labute approximate surface area is 223 Å². The summed E-state index contributed by atoms with van der Waals surface area (Å²) in [6.07, 6.45) is 0. The van der Waals surface area contributed by atoms with Gasteiger partial charge in [0.1, 0.15) is 0 Å². The third-order valence-corrected chi connectivity index (χ3v) is 6.23. The fraction of sp³-hybridized carbons (Fsp3) is 0.280. The highest BCUT2D eigenvalue weighted by Gasteiger charge is 2.20. The molecule has 2 heterocycles. The second kappa shape index (κ2) is 12.8. The van der Waals surface area contributed by atoms with Crippen LogP contribution in [0, 0.1) is 0 Å². The van der Waals surface area contributed by atoms with E-state index in [1.165, 1.54) is 32.4 Å². The number of ether oxygens (including phenoxy) is 3. The minimum absolute atomic E-state index is 0.0690. The van der Waals surface area contributed by atoms with Crippen LogP contribution in [0.3, 0.4) is 0 Å². The van der Waals surface area contributed by atoms with Gasteiger partial charge in [0, 0.05) is 18.8 Å². The first kappa shape index (κ1) is 26.8. The first-order valence-electron chi connectivity index (χ1n) is 11.6. The van der Waals surface area contributed by atoms with E-state index in [1.807, 2.05) is 35.2 Å². The van der Waals surface area contributed by atoms with Gasteiger partial charge in [-0.25, -0.2) is 9.59 Å². The maximum Gasteiger partial charge on any atom is 0.339 e. The maximum atomic E-state index is 12.8. The van der Waals surface area contributed by atoms with Crippen LogP contribution in [0.4, 0.5) is 23.3 Å². The normalized spacial score (nSPS) is 12.9. The number of nitrogens with zero attached hydrogens (tertiary/aromatic N) is 4. The van der Waals surface area contributed by atoms with Crippen molar-refractivity contribution < 1.29 is 28.6 Å². The lowest BCUT2D eigenvalue weighted by Crippen LogP contribution is -2.37. The van der Waals surface area contributed by atoms with Crippen molar-refractivity contribution >= 4 is 52.9 Å². The van der Waals surface area contributed by atoms with Crippen LogP contribution in [0.25, 0.3) is 0 Å². The van der Waals surface area contributed by atoms with Crippen molar-refractivity contribution in [3.63, 3.8) is 0 Å². The number of nitrogens with one attached hydrogen (secondary N) is 2. The molecule has 198 valence electrons. The van der Waals surface area contributed by atoms with Crippen molar-refractivity contribution in [3.8, 4) is 0 Å². The predicted molar refractivity (Wildman–Crippen MR) is 141 cm³/mol. The van der Waals surface area contributed by atoms with Gasteiger partial charge in [0.05, 0.1) is 50.0 Å². The summed E-state index contributed by atoms with van der Waals surface area (Å²) in [4.78, 5) is 52.5. The maximum absolute atomic E-state index is 12.8. The van der Waals surface area contributed by atoms with Crippen molar-refractivity contribution in [2.24, 2.45) is 0 Å². The van der Waals surface area contributed by atoms with Crippen LogP contribution < -0.4 is 15.5 Å². The molecule has 4 rings (SSSR count). The van der Waals surface area contributed by atoms with Crippen LogP contribution in [-0.2, 0) is 19.0 Å². The Kier molecular flexibility index (Phi) is 9.06. The second-order valence-electron chi connectivity index (χ2n) is 7.91. The number of amides is 1. The smallest absolute Gasteiger partial charge is 0.339 e. The Morgan fingerprint density at radius 2 is 1.71 bits per heavy atom. The number of carbonyl (C=O) groups is 3. The van der Waals surface area contributed by atoms with Gasteiger partial charge in [-0.15, -0.1) is 0 Å². The van der Waals surface area contributed by atoms with Crippen molar-refractivity contribution in [1.29, 1.82) is 0 Å². The molecular weight excluding hydrogens is 512 g/mol. The molecule has 0 radical (unpaired) electrons. The number of rotatable bonds is 9. The summed E-state index contributed by atoms with van der Waals surface area (Å²) >= 11 is 1.11. The number of morpholine rings is 1. The largest absolute Gasteiger partial charge is 0.465 e. The van der Waals surface area contributed by atoms with Gasteiger partial charge in [0.15, 0.2) is 5.16 Å². The Morgan fingerprint density at radius 1 is 0.974 bits per heavy atom. The van der Waals surface area contributed by atoms with Crippen LogP contribution in [0.1, 0.15) is 20.7 Å². The Balaban J connectivity index is 1.52. The molecule has 38 heavy (non-hydrogen) atoms. The molecule has 0 bridgehead atoms. The van der Waals surface area contributed by atoms with Gasteiger partial charge < -0.3 is 29.7 Å². The number of esters is 2. The summed E-state index contributed by atoms with van der Waals surface area (Å²) in [6.45, 7) is 2.38. The molecule has 0 unspecified atom stereocenters. The summed E-state index contributed by atoms with van der Waals surface area (Å²) in [6, 6.07) is 13.6. The third kappa shape index (κ3) is 6.95. The minimum atomic E-state index is -0.659. The topological polar surface area (TPSA) is 145 Å². The van der Waals surface area contributed by atoms with E-state index >= 15 is 0 Å². The molecule has 1 saturated heterocycles. The van der Waals surface area contributed by atoms with Crippen LogP contribution in [-0.4, -0.2) is 79.1 Å². The highest BCUT2D eigenvalue weighted by molar-refractivity contribution is 7.99. The summed E-state index contributed by atoms with van der Waals surface area (Å²) in [5, 5.41) is 6.18. The third-order valence-electron chi connectivity index (χ3n) is 5.38. The molecule has 12 nitrogen and oxygen atoms in total. The molecule has 1 aromatic heterocycles. The number of anilines is 4. The number of para-hydroxylation sites is 1. The summed E-state index contributed by atoms with van der Waals surface area (Å²) in [7, 11) is 2.47. The number of methoxy groups -OCH3 is 2.